The van der Waals surface area contributed by atoms with Crippen LogP contribution in [0.2, 0.25) is 0 Å². The summed E-state index contributed by atoms with van der Waals surface area (Å²) < 4.78 is 5.13. The minimum absolute atomic E-state index is 0.0834. The molecular formula is C31H30N2O3S. The number of esters is 1. The molecule has 1 aliphatic rings. The van der Waals surface area contributed by atoms with Crippen LogP contribution in [0.15, 0.2) is 91.0 Å². The number of nitrogens with one attached hydrogen (secondary N) is 1. The quantitative estimate of drug-likeness (QED) is 0.285. The number of ether oxygens (including phenoxy) is 1. The summed E-state index contributed by atoms with van der Waals surface area (Å²) in [6, 6.07) is 30.5. The molecule has 0 spiro atoms. The van der Waals surface area contributed by atoms with E-state index in [-0.39, 0.29) is 18.2 Å². The average Bonchev–Trinajstić information content (AvgIpc) is 3.29. The van der Waals surface area contributed by atoms with Gasteiger partial charge in [0.1, 0.15) is 5.00 Å². The molecule has 0 fully saturated rings. The number of thiophene rings is 1. The van der Waals surface area contributed by atoms with Crippen LogP contribution in [-0.2, 0) is 29.0 Å². The van der Waals surface area contributed by atoms with E-state index in [9.17, 15) is 9.59 Å². The minimum atomic E-state index is -0.396. The molecule has 0 saturated heterocycles. The van der Waals surface area contributed by atoms with E-state index < -0.39 is 5.97 Å². The second-order valence-electron chi connectivity index (χ2n) is 9.27. The molecule has 6 heteroatoms. The van der Waals surface area contributed by atoms with Crippen molar-refractivity contribution in [3.63, 3.8) is 0 Å². The van der Waals surface area contributed by atoms with Gasteiger partial charge in [-0.2, -0.15) is 0 Å². The zero-order valence-corrected chi connectivity index (χ0v) is 21.7. The fourth-order valence-corrected chi connectivity index (χ4v) is 6.30. The van der Waals surface area contributed by atoms with Gasteiger partial charge in [0.2, 0.25) is 5.91 Å². The van der Waals surface area contributed by atoms with Gasteiger partial charge in [-0.15, -0.1) is 11.3 Å². The molecule has 5 rings (SSSR count). The molecular weight excluding hydrogens is 480 g/mol. The Morgan fingerprint density at radius 3 is 2.11 bits per heavy atom. The van der Waals surface area contributed by atoms with Crippen molar-refractivity contribution in [3.05, 3.63) is 124 Å². The number of nitrogens with zero attached hydrogens (tertiary/aromatic N) is 1. The normalized spacial score (nSPS) is 13.2. The molecule has 1 aromatic heterocycles. The number of amides is 1. The van der Waals surface area contributed by atoms with Crippen molar-refractivity contribution in [1.29, 1.82) is 0 Å². The minimum Gasteiger partial charge on any atom is -0.465 e. The first-order chi connectivity index (χ1) is 18.1. The van der Waals surface area contributed by atoms with Gasteiger partial charge < -0.3 is 10.1 Å². The van der Waals surface area contributed by atoms with Crippen molar-refractivity contribution < 1.29 is 14.3 Å². The number of hydrogen-bond donors (Lipinski definition) is 1. The van der Waals surface area contributed by atoms with Gasteiger partial charge >= 0.3 is 5.97 Å². The summed E-state index contributed by atoms with van der Waals surface area (Å²) in [6.07, 6.45) is 1.02. The van der Waals surface area contributed by atoms with Crippen molar-refractivity contribution in [2.75, 3.05) is 19.0 Å². The number of fused-ring (bicyclic) bond motifs is 1. The van der Waals surface area contributed by atoms with Crippen LogP contribution in [0.5, 0.6) is 0 Å². The summed E-state index contributed by atoms with van der Waals surface area (Å²) >= 11 is 1.49. The number of benzene rings is 3. The van der Waals surface area contributed by atoms with E-state index in [1.807, 2.05) is 42.5 Å². The Balaban J connectivity index is 1.37. The van der Waals surface area contributed by atoms with E-state index in [1.165, 1.54) is 24.0 Å². The molecule has 0 radical (unpaired) electrons. The molecule has 188 valence electrons. The van der Waals surface area contributed by atoms with Gasteiger partial charge in [-0.25, -0.2) is 4.79 Å². The largest absolute Gasteiger partial charge is 0.465 e. The van der Waals surface area contributed by atoms with Crippen LogP contribution in [-0.4, -0.2) is 30.4 Å². The van der Waals surface area contributed by atoms with E-state index in [0.717, 1.165) is 47.6 Å². The lowest BCUT2D eigenvalue weighted by molar-refractivity contribution is -0.116. The first-order valence-electron chi connectivity index (χ1n) is 12.5. The van der Waals surface area contributed by atoms with Gasteiger partial charge in [-0.1, -0.05) is 91.0 Å². The zero-order valence-electron chi connectivity index (χ0n) is 20.9. The third-order valence-corrected chi connectivity index (χ3v) is 7.95. The Labute approximate surface area is 221 Å². The number of carbonyl (C=O) groups is 2. The van der Waals surface area contributed by atoms with E-state index in [0.29, 0.717) is 10.6 Å². The third kappa shape index (κ3) is 5.82. The molecule has 0 atom stereocenters. The Hall–Kier alpha value is -3.74. The monoisotopic (exact) mass is 510 g/mol. The van der Waals surface area contributed by atoms with Crippen LogP contribution in [0.25, 0.3) is 0 Å². The molecule has 4 aromatic rings. The van der Waals surface area contributed by atoms with Crippen LogP contribution >= 0.6 is 11.3 Å². The lowest BCUT2D eigenvalue weighted by Gasteiger charge is -2.27. The molecule has 0 aliphatic carbocycles. The molecule has 0 unspecified atom stereocenters. The molecule has 3 aromatic carbocycles. The molecule has 1 amide bonds. The highest BCUT2D eigenvalue weighted by molar-refractivity contribution is 7.17. The number of anilines is 1. The first kappa shape index (κ1) is 24.9. The van der Waals surface area contributed by atoms with Gasteiger partial charge in [-0.05, 0) is 28.7 Å². The Kier molecular flexibility index (Phi) is 7.78. The Bertz CT molecular complexity index is 1310. The predicted octanol–water partition coefficient (Wildman–Crippen LogP) is 6.25. The fourth-order valence-electron chi connectivity index (χ4n) is 5.00. The number of methoxy groups -OCH3 is 1. The smallest absolute Gasteiger partial charge is 0.341 e. The average molecular weight is 511 g/mol. The molecule has 1 N–H and O–H groups in total. The van der Waals surface area contributed by atoms with Crippen molar-refractivity contribution in [3.8, 4) is 0 Å². The van der Waals surface area contributed by atoms with Crippen LogP contribution in [0, 0.1) is 0 Å². The van der Waals surface area contributed by atoms with E-state index in [1.54, 1.807) is 0 Å². The molecule has 2 heterocycles. The lowest BCUT2D eigenvalue weighted by Crippen LogP contribution is -2.29. The first-order valence-corrected chi connectivity index (χ1v) is 13.3. The number of hydrogen-bond acceptors (Lipinski definition) is 5. The number of carbonyl (C=O) groups excluding carboxylic acids is 2. The molecule has 1 aliphatic heterocycles. The molecule has 0 saturated carbocycles. The second-order valence-corrected chi connectivity index (χ2v) is 10.4. The second kappa shape index (κ2) is 11.5. The van der Waals surface area contributed by atoms with Gasteiger partial charge in [0.05, 0.1) is 12.7 Å². The van der Waals surface area contributed by atoms with Crippen molar-refractivity contribution in [2.45, 2.75) is 31.8 Å². The molecule has 5 nitrogen and oxygen atoms in total. The van der Waals surface area contributed by atoms with Gasteiger partial charge in [0.25, 0.3) is 0 Å². The highest BCUT2D eigenvalue weighted by Gasteiger charge is 2.30. The van der Waals surface area contributed by atoms with E-state index in [4.69, 9.17) is 4.74 Å². The summed E-state index contributed by atoms with van der Waals surface area (Å²) in [5.74, 6) is -0.602. The molecule has 37 heavy (non-hydrogen) atoms. The summed E-state index contributed by atoms with van der Waals surface area (Å²) in [5.41, 5.74) is 4.93. The fraction of sp³-hybridized carbons (Fsp3) is 0.226. The number of rotatable bonds is 8. The topological polar surface area (TPSA) is 58.6 Å². The summed E-state index contributed by atoms with van der Waals surface area (Å²) in [4.78, 5) is 29.7. The Morgan fingerprint density at radius 1 is 0.919 bits per heavy atom. The maximum Gasteiger partial charge on any atom is 0.341 e. The highest BCUT2D eigenvalue weighted by Crippen LogP contribution is 2.38. The maximum absolute atomic E-state index is 13.4. The SMILES string of the molecule is COC(=O)c1c(NC(=O)CC(c2ccccc2)c2ccccc2)sc2c1CCN(Cc1ccccc1)C2. The van der Waals surface area contributed by atoms with Crippen molar-refractivity contribution in [2.24, 2.45) is 0 Å². The van der Waals surface area contributed by atoms with Gasteiger partial charge in [-0.3, -0.25) is 9.69 Å². The van der Waals surface area contributed by atoms with Gasteiger partial charge in [0, 0.05) is 36.9 Å². The summed E-state index contributed by atoms with van der Waals surface area (Å²) in [7, 11) is 1.39. The van der Waals surface area contributed by atoms with E-state index >= 15 is 0 Å². The zero-order chi connectivity index (χ0) is 25.6. The highest BCUT2D eigenvalue weighted by atomic mass is 32.1. The van der Waals surface area contributed by atoms with Gasteiger partial charge in [0.15, 0.2) is 0 Å². The molecule has 0 bridgehead atoms. The van der Waals surface area contributed by atoms with Crippen molar-refractivity contribution >= 4 is 28.2 Å². The van der Waals surface area contributed by atoms with Crippen LogP contribution in [0.1, 0.15) is 49.8 Å². The van der Waals surface area contributed by atoms with Crippen LogP contribution in [0.3, 0.4) is 0 Å². The lowest BCUT2D eigenvalue weighted by atomic mass is 9.88. The van der Waals surface area contributed by atoms with E-state index in [2.05, 4.69) is 58.7 Å². The summed E-state index contributed by atoms with van der Waals surface area (Å²) in [6.45, 7) is 2.44. The van der Waals surface area contributed by atoms with Crippen LogP contribution < -0.4 is 5.32 Å². The van der Waals surface area contributed by atoms with Crippen molar-refractivity contribution in [1.82, 2.24) is 4.90 Å². The standard InChI is InChI=1S/C31H30N2O3S/c1-36-31(35)29-25-17-18-33(20-22-11-5-2-6-12-22)21-27(25)37-30(29)32-28(34)19-26(23-13-7-3-8-14-23)24-15-9-4-10-16-24/h2-16,26H,17-21H2,1H3,(H,32,34). The summed E-state index contributed by atoms with van der Waals surface area (Å²) in [5, 5.41) is 3.66. The Morgan fingerprint density at radius 2 is 1.51 bits per heavy atom. The maximum atomic E-state index is 13.4. The predicted molar refractivity (Wildman–Crippen MR) is 148 cm³/mol. The third-order valence-electron chi connectivity index (χ3n) is 6.82. The van der Waals surface area contributed by atoms with Crippen LogP contribution in [0.4, 0.5) is 5.00 Å².